The van der Waals surface area contributed by atoms with Crippen molar-refractivity contribution in [2.75, 3.05) is 14.2 Å². The van der Waals surface area contributed by atoms with Gasteiger partial charge in [-0.15, -0.1) is 11.8 Å². The highest BCUT2D eigenvalue weighted by Crippen LogP contribution is 2.34. The molecule has 1 N–H and O–H groups in total. The lowest BCUT2D eigenvalue weighted by molar-refractivity contribution is -0.0646. The lowest BCUT2D eigenvalue weighted by Gasteiger charge is -2.41. The number of likely N-dealkylation sites (N-methyl/N-ethyl adjacent to an activating group) is 1. The van der Waals surface area contributed by atoms with Gasteiger partial charge in [-0.1, -0.05) is 19.3 Å². The minimum Gasteiger partial charge on any atom is -0.377 e. The lowest BCUT2D eigenvalue weighted by atomic mass is 9.78. The van der Waals surface area contributed by atoms with Gasteiger partial charge in [0.25, 0.3) is 0 Å². The highest BCUT2D eigenvalue weighted by Gasteiger charge is 2.38. The summed E-state index contributed by atoms with van der Waals surface area (Å²) in [5, 5.41) is 3.37. The molecule has 15 heavy (non-hydrogen) atoms. The molecule has 1 atom stereocenters. The molecule has 0 bridgehead atoms. The second kappa shape index (κ2) is 6.15. The zero-order chi connectivity index (χ0) is 11.1. The maximum Gasteiger partial charge on any atom is 0.0840 e. The first kappa shape index (κ1) is 12.5. The van der Waals surface area contributed by atoms with Crippen molar-refractivity contribution in [3.05, 3.63) is 0 Å². The summed E-state index contributed by atoms with van der Waals surface area (Å²) in [6.45, 7) is 1.90. The van der Waals surface area contributed by atoms with E-state index in [1.165, 1.54) is 32.1 Å². The molecule has 0 aromatic heterocycles. The Balaban J connectivity index is 2.69. The summed E-state index contributed by atoms with van der Waals surface area (Å²) >= 11 is 0. The minimum absolute atomic E-state index is 0.0247. The summed E-state index contributed by atoms with van der Waals surface area (Å²) in [4.78, 5) is 0. The van der Waals surface area contributed by atoms with E-state index in [4.69, 9.17) is 4.74 Å². The van der Waals surface area contributed by atoms with Crippen molar-refractivity contribution in [2.45, 2.75) is 57.1 Å². The number of hydrogen-bond donors (Lipinski definition) is 1. The molecule has 1 rings (SSSR count). The van der Waals surface area contributed by atoms with E-state index in [0.717, 1.165) is 6.42 Å². The third-order valence-electron chi connectivity index (χ3n) is 3.57. The first-order valence-corrected chi connectivity index (χ1v) is 5.91. The molecule has 0 aromatic carbocycles. The Bertz CT molecular complexity index is 233. The first-order valence-electron chi connectivity index (χ1n) is 5.91. The number of nitrogens with one attached hydrogen (secondary N) is 1. The van der Waals surface area contributed by atoms with Crippen LogP contribution in [0, 0.1) is 11.8 Å². The van der Waals surface area contributed by atoms with Crippen LogP contribution in [0.25, 0.3) is 0 Å². The second-order valence-electron chi connectivity index (χ2n) is 4.30. The van der Waals surface area contributed by atoms with Crippen molar-refractivity contribution in [1.29, 1.82) is 0 Å². The monoisotopic (exact) mass is 209 g/mol. The Hall–Kier alpha value is -0.520. The average Bonchev–Trinajstić information content (AvgIpc) is 2.31. The van der Waals surface area contributed by atoms with Gasteiger partial charge in [-0.3, -0.25) is 0 Å². The van der Waals surface area contributed by atoms with Crippen LogP contribution in [0.15, 0.2) is 0 Å². The third-order valence-corrected chi connectivity index (χ3v) is 3.57. The molecular weight excluding hydrogens is 186 g/mol. The molecule has 1 aliphatic rings. The molecule has 1 fully saturated rings. The fraction of sp³-hybridized carbons (Fsp3) is 0.846. The van der Waals surface area contributed by atoms with Gasteiger partial charge in [0.2, 0.25) is 0 Å². The lowest BCUT2D eigenvalue weighted by Crippen LogP contribution is -2.52. The molecule has 0 amide bonds. The van der Waals surface area contributed by atoms with E-state index in [0.29, 0.717) is 6.04 Å². The Morgan fingerprint density at radius 2 is 2.00 bits per heavy atom. The van der Waals surface area contributed by atoms with Crippen LogP contribution >= 0.6 is 0 Å². The number of methoxy groups -OCH3 is 1. The Labute approximate surface area is 93.8 Å². The van der Waals surface area contributed by atoms with Crippen LogP contribution in [0.4, 0.5) is 0 Å². The van der Waals surface area contributed by atoms with Crippen molar-refractivity contribution in [1.82, 2.24) is 5.32 Å². The van der Waals surface area contributed by atoms with Gasteiger partial charge in [0.1, 0.15) is 0 Å². The van der Waals surface area contributed by atoms with E-state index in [2.05, 4.69) is 17.2 Å². The Morgan fingerprint density at radius 3 is 2.47 bits per heavy atom. The smallest absolute Gasteiger partial charge is 0.0840 e. The van der Waals surface area contributed by atoms with Gasteiger partial charge >= 0.3 is 0 Å². The predicted octanol–water partition coefficient (Wildman–Crippen LogP) is 2.34. The summed E-state index contributed by atoms with van der Waals surface area (Å²) < 4.78 is 5.80. The molecule has 0 spiro atoms. The molecule has 2 nitrogen and oxygen atoms in total. The summed E-state index contributed by atoms with van der Waals surface area (Å²) in [5.74, 6) is 6.13. The van der Waals surface area contributed by atoms with Gasteiger partial charge in [-0.05, 0) is 26.8 Å². The van der Waals surface area contributed by atoms with Gasteiger partial charge in [0.05, 0.1) is 5.60 Å². The van der Waals surface area contributed by atoms with E-state index in [9.17, 15) is 0 Å². The van der Waals surface area contributed by atoms with Crippen molar-refractivity contribution in [2.24, 2.45) is 0 Å². The number of rotatable bonds is 4. The molecule has 1 unspecified atom stereocenters. The highest BCUT2D eigenvalue weighted by atomic mass is 16.5. The highest BCUT2D eigenvalue weighted by molar-refractivity contribution is 5.04. The van der Waals surface area contributed by atoms with Crippen molar-refractivity contribution in [3.63, 3.8) is 0 Å². The van der Waals surface area contributed by atoms with E-state index in [1.807, 2.05) is 21.1 Å². The van der Waals surface area contributed by atoms with Crippen LogP contribution in [-0.4, -0.2) is 25.8 Å². The quantitative estimate of drug-likeness (QED) is 0.718. The zero-order valence-electron chi connectivity index (χ0n) is 10.2. The maximum absolute atomic E-state index is 5.80. The molecule has 1 saturated carbocycles. The van der Waals surface area contributed by atoms with E-state index < -0.39 is 0 Å². The summed E-state index contributed by atoms with van der Waals surface area (Å²) in [5.41, 5.74) is 0.0247. The summed E-state index contributed by atoms with van der Waals surface area (Å²) in [7, 11) is 3.85. The fourth-order valence-corrected chi connectivity index (χ4v) is 2.60. The van der Waals surface area contributed by atoms with E-state index in [-0.39, 0.29) is 5.60 Å². The summed E-state index contributed by atoms with van der Waals surface area (Å²) in [6, 6.07) is 0.371. The van der Waals surface area contributed by atoms with Crippen LogP contribution in [-0.2, 0) is 4.74 Å². The van der Waals surface area contributed by atoms with Crippen LogP contribution < -0.4 is 5.32 Å². The number of hydrogen-bond acceptors (Lipinski definition) is 2. The molecule has 2 heteroatoms. The fourth-order valence-electron chi connectivity index (χ4n) is 2.60. The largest absolute Gasteiger partial charge is 0.377 e. The number of ether oxygens (including phenoxy) is 1. The van der Waals surface area contributed by atoms with Crippen LogP contribution in [0.2, 0.25) is 0 Å². The molecule has 1 aliphatic carbocycles. The van der Waals surface area contributed by atoms with Gasteiger partial charge in [-0.2, -0.15) is 0 Å². The van der Waals surface area contributed by atoms with Crippen molar-refractivity contribution < 1.29 is 4.74 Å². The topological polar surface area (TPSA) is 21.3 Å². The van der Waals surface area contributed by atoms with Crippen molar-refractivity contribution >= 4 is 0 Å². The standard InChI is InChI=1S/C13H23NO/c1-4-5-9-12(14-2)13(15-3)10-7-6-8-11-13/h12,14H,6-11H2,1-3H3. The van der Waals surface area contributed by atoms with Gasteiger partial charge in [0, 0.05) is 19.6 Å². The third kappa shape index (κ3) is 2.96. The normalized spacial score (nSPS) is 21.5. The van der Waals surface area contributed by atoms with Gasteiger partial charge < -0.3 is 10.1 Å². The SMILES string of the molecule is CC#CCC(NC)C1(OC)CCCCC1. The zero-order valence-corrected chi connectivity index (χ0v) is 10.2. The van der Waals surface area contributed by atoms with Crippen LogP contribution in [0.1, 0.15) is 45.4 Å². The Morgan fingerprint density at radius 1 is 1.33 bits per heavy atom. The average molecular weight is 209 g/mol. The molecule has 0 saturated heterocycles. The van der Waals surface area contributed by atoms with Crippen molar-refractivity contribution in [3.8, 4) is 11.8 Å². The van der Waals surface area contributed by atoms with Crippen LogP contribution in [0.3, 0.4) is 0 Å². The molecule has 0 aliphatic heterocycles. The Kier molecular flexibility index (Phi) is 5.14. The van der Waals surface area contributed by atoms with Crippen LogP contribution in [0.5, 0.6) is 0 Å². The molecule has 86 valence electrons. The maximum atomic E-state index is 5.80. The van der Waals surface area contributed by atoms with Gasteiger partial charge in [0.15, 0.2) is 0 Å². The molecule has 0 heterocycles. The second-order valence-corrected chi connectivity index (χ2v) is 4.30. The molecule has 0 radical (unpaired) electrons. The predicted molar refractivity (Wildman–Crippen MR) is 63.7 cm³/mol. The van der Waals surface area contributed by atoms with E-state index in [1.54, 1.807) is 0 Å². The minimum atomic E-state index is 0.0247. The summed E-state index contributed by atoms with van der Waals surface area (Å²) in [6.07, 6.45) is 7.14. The van der Waals surface area contributed by atoms with E-state index >= 15 is 0 Å². The molecule has 0 aromatic rings. The van der Waals surface area contributed by atoms with Gasteiger partial charge in [-0.25, -0.2) is 0 Å². The molecular formula is C13H23NO. The first-order chi connectivity index (χ1) is 7.29.